The number of hydrogen-bond acceptors (Lipinski definition) is 5. The van der Waals surface area contributed by atoms with Crippen molar-refractivity contribution in [2.24, 2.45) is 0 Å². The molecule has 1 fully saturated rings. The fraction of sp³-hybridized carbons (Fsp3) is 0.182. The molecule has 2 aliphatic rings. The van der Waals surface area contributed by atoms with E-state index in [2.05, 4.69) is 11.9 Å². The summed E-state index contributed by atoms with van der Waals surface area (Å²) >= 11 is 0. The zero-order chi connectivity index (χ0) is 21.3. The van der Waals surface area contributed by atoms with Crippen LogP contribution in [0.25, 0.3) is 0 Å². The third-order valence-electron chi connectivity index (χ3n) is 5.00. The minimum Gasteiger partial charge on any atom is -0.482 e. The van der Waals surface area contributed by atoms with Gasteiger partial charge >= 0.3 is 6.03 Å². The van der Waals surface area contributed by atoms with Gasteiger partial charge in [0.2, 0.25) is 0 Å². The molecule has 8 nitrogen and oxygen atoms in total. The first-order valence-electron chi connectivity index (χ1n) is 9.37. The van der Waals surface area contributed by atoms with E-state index in [1.165, 1.54) is 11.0 Å². The molecule has 152 valence electrons. The monoisotopic (exact) mass is 405 g/mol. The van der Waals surface area contributed by atoms with Gasteiger partial charge in [-0.25, -0.2) is 4.79 Å². The molecule has 0 saturated carbocycles. The molecule has 0 radical (unpaired) electrons. The second-order valence-corrected chi connectivity index (χ2v) is 6.90. The molecule has 2 heterocycles. The van der Waals surface area contributed by atoms with E-state index in [1.54, 1.807) is 42.5 Å². The summed E-state index contributed by atoms with van der Waals surface area (Å²) in [5, 5.41) is 2.61. The number of anilines is 1. The molecule has 0 aromatic heterocycles. The summed E-state index contributed by atoms with van der Waals surface area (Å²) in [6.07, 6.45) is 1.58. The molecule has 4 rings (SSSR count). The number of nitrogens with one attached hydrogen (secondary N) is 1. The number of carbonyl (C=O) groups excluding carboxylic acids is 4. The molecular weight excluding hydrogens is 386 g/mol. The quantitative estimate of drug-likeness (QED) is 0.451. The number of rotatable bonds is 6. The van der Waals surface area contributed by atoms with Gasteiger partial charge in [-0.3, -0.25) is 19.3 Å². The Morgan fingerprint density at radius 1 is 1.13 bits per heavy atom. The second kappa shape index (κ2) is 7.82. The Hall–Kier alpha value is -3.94. The summed E-state index contributed by atoms with van der Waals surface area (Å²) in [6.45, 7) is 3.44. The smallest absolute Gasteiger partial charge is 0.325 e. The topological polar surface area (TPSA) is 96.0 Å². The average Bonchev–Trinajstić information content (AvgIpc) is 3.04. The van der Waals surface area contributed by atoms with E-state index in [4.69, 9.17) is 4.74 Å². The number of ketones is 1. The van der Waals surface area contributed by atoms with Gasteiger partial charge in [0.15, 0.2) is 12.4 Å². The molecule has 1 saturated heterocycles. The Morgan fingerprint density at radius 2 is 1.90 bits per heavy atom. The number of hydrogen-bond donors (Lipinski definition) is 1. The standard InChI is InChI=1S/C22H19N3O5/c1-2-10-24-16-11-15(8-9-18(16)30-13-19(24)27)17(26)12-25-21(28)20(23-22(25)29)14-6-4-3-5-7-14/h2-9,11,20H,1,10,12-13H2,(H,23,29). The van der Waals surface area contributed by atoms with Crippen molar-refractivity contribution in [2.75, 3.05) is 24.6 Å². The molecule has 2 aromatic carbocycles. The molecule has 30 heavy (non-hydrogen) atoms. The van der Waals surface area contributed by atoms with Gasteiger partial charge in [0.1, 0.15) is 11.8 Å². The van der Waals surface area contributed by atoms with Gasteiger partial charge in [0.25, 0.3) is 11.8 Å². The van der Waals surface area contributed by atoms with Gasteiger partial charge < -0.3 is 15.0 Å². The zero-order valence-electron chi connectivity index (χ0n) is 16.0. The van der Waals surface area contributed by atoms with Gasteiger partial charge in [0.05, 0.1) is 12.2 Å². The maximum atomic E-state index is 12.8. The van der Waals surface area contributed by atoms with Crippen LogP contribution in [0.2, 0.25) is 0 Å². The summed E-state index contributed by atoms with van der Waals surface area (Å²) < 4.78 is 5.41. The Balaban J connectivity index is 1.54. The normalized spacial score (nSPS) is 18.0. The van der Waals surface area contributed by atoms with Gasteiger partial charge in [-0.1, -0.05) is 36.4 Å². The Morgan fingerprint density at radius 3 is 2.63 bits per heavy atom. The van der Waals surface area contributed by atoms with Crippen molar-refractivity contribution in [3.8, 4) is 5.75 Å². The first kappa shape index (κ1) is 19.4. The van der Waals surface area contributed by atoms with E-state index >= 15 is 0 Å². The van der Waals surface area contributed by atoms with E-state index in [-0.39, 0.29) is 24.6 Å². The second-order valence-electron chi connectivity index (χ2n) is 6.90. The number of nitrogens with zero attached hydrogens (tertiary/aromatic N) is 2. The predicted octanol–water partition coefficient (Wildman–Crippen LogP) is 2.07. The third-order valence-corrected chi connectivity index (χ3v) is 5.00. The highest BCUT2D eigenvalue weighted by Crippen LogP contribution is 2.33. The number of urea groups is 1. The van der Waals surface area contributed by atoms with E-state index < -0.39 is 30.3 Å². The molecule has 0 spiro atoms. The minimum atomic E-state index is -0.816. The summed E-state index contributed by atoms with van der Waals surface area (Å²) in [6, 6.07) is 12.1. The van der Waals surface area contributed by atoms with Crippen LogP contribution in [0, 0.1) is 0 Å². The molecule has 1 N–H and O–H groups in total. The molecule has 2 aliphatic heterocycles. The van der Waals surface area contributed by atoms with Crippen molar-refractivity contribution in [3.63, 3.8) is 0 Å². The molecule has 4 amide bonds. The fourth-order valence-corrected chi connectivity index (χ4v) is 3.48. The number of benzene rings is 2. The van der Waals surface area contributed by atoms with E-state index in [0.717, 1.165) is 4.90 Å². The van der Waals surface area contributed by atoms with Crippen LogP contribution in [0.1, 0.15) is 22.0 Å². The van der Waals surface area contributed by atoms with Gasteiger partial charge in [-0.05, 0) is 23.8 Å². The summed E-state index contributed by atoms with van der Waals surface area (Å²) in [5.41, 5.74) is 1.37. The highest BCUT2D eigenvalue weighted by molar-refractivity contribution is 6.10. The largest absolute Gasteiger partial charge is 0.482 e. The Kier molecular flexibility index (Phi) is 5.05. The maximum absolute atomic E-state index is 12.8. The number of amides is 4. The van der Waals surface area contributed by atoms with Crippen LogP contribution >= 0.6 is 0 Å². The van der Waals surface area contributed by atoms with Crippen LogP contribution in [0.15, 0.2) is 61.2 Å². The molecule has 2 aromatic rings. The number of fused-ring (bicyclic) bond motifs is 1. The molecule has 1 atom stereocenters. The van der Waals surface area contributed by atoms with Crippen LogP contribution in [0.5, 0.6) is 5.75 Å². The van der Waals surface area contributed by atoms with Crippen LogP contribution in [-0.4, -0.2) is 48.2 Å². The third kappa shape index (κ3) is 3.43. The number of imide groups is 1. The van der Waals surface area contributed by atoms with Crippen molar-refractivity contribution in [1.29, 1.82) is 0 Å². The molecular formula is C22H19N3O5. The van der Waals surface area contributed by atoms with Gasteiger partial charge in [-0.15, -0.1) is 6.58 Å². The summed E-state index contributed by atoms with van der Waals surface area (Å²) in [7, 11) is 0. The van der Waals surface area contributed by atoms with Crippen molar-refractivity contribution in [2.45, 2.75) is 6.04 Å². The number of Topliss-reactive ketones (excluding diaryl/α,β-unsaturated/α-hetero) is 1. The van der Waals surface area contributed by atoms with E-state index in [1.807, 2.05) is 6.07 Å². The Bertz CT molecular complexity index is 1050. The fourth-order valence-electron chi connectivity index (χ4n) is 3.48. The first-order chi connectivity index (χ1) is 14.5. The molecule has 1 unspecified atom stereocenters. The van der Waals surface area contributed by atoms with Crippen molar-refractivity contribution >= 4 is 29.3 Å². The van der Waals surface area contributed by atoms with Crippen LogP contribution in [0.4, 0.5) is 10.5 Å². The van der Waals surface area contributed by atoms with E-state index in [0.29, 0.717) is 17.0 Å². The highest BCUT2D eigenvalue weighted by atomic mass is 16.5. The van der Waals surface area contributed by atoms with Crippen LogP contribution in [-0.2, 0) is 9.59 Å². The van der Waals surface area contributed by atoms with Crippen molar-refractivity contribution < 1.29 is 23.9 Å². The lowest BCUT2D eigenvalue weighted by molar-refractivity contribution is -0.127. The van der Waals surface area contributed by atoms with Gasteiger partial charge in [-0.2, -0.15) is 0 Å². The summed E-state index contributed by atoms with van der Waals surface area (Å²) in [4.78, 5) is 52.3. The van der Waals surface area contributed by atoms with Crippen LogP contribution in [0.3, 0.4) is 0 Å². The lowest BCUT2D eigenvalue weighted by atomic mass is 10.1. The molecule has 8 heteroatoms. The highest BCUT2D eigenvalue weighted by Gasteiger charge is 2.40. The number of ether oxygens (including phenoxy) is 1. The zero-order valence-corrected chi connectivity index (χ0v) is 16.0. The molecule has 0 bridgehead atoms. The lowest BCUT2D eigenvalue weighted by Crippen LogP contribution is -2.39. The van der Waals surface area contributed by atoms with Gasteiger partial charge in [0, 0.05) is 12.1 Å². The average molecular weight is 405 g/mol. The van der Waals surface area contributed by atoms with Crippen molar-refractivity contribution in [3.05, 3.63) is 72.3 Å². The maximum Gasteiger partial charge on any atom is 0.325 e. The lowest BCUT2D eigenvalue weighted by Gasteiger charge is -2.28. The first-order valence-corrected chi connectivity index (χ1v) is 9.37. The SMILES string of the molecule is C=CCN1C(=O)COc2ccc(C(=O)CN3C(=O)NC(c4ccccc4)C3=O)cc21. The van der Waals surface area contributed by atoms with E-state index in [9.17, 15) is 19.2 Å². The van der Waals surface area contributed by atoms with Crippen molar-refractivity contribution in [1.82, 2.24) is 10.2 Å². The Labute approximate surface area is 172 Å². The summed E-state index contributed by atoms with van der Waals surface area (Å²) in [5.74, 6) is -0.671. The minimum absolute atomic E-state index is 0.0859. The predicted molar refractivity (Wildman–Crippen MR) is 108 cm³/mol. The molecule has 0 aliphatic carbocycles. The number of carbonyl (C=O) groups is 4. The van der Waals surface area contributed by atoms with Crippen LogP contribution < -0.4 is 15.0 Å².